The zero-order valence-corrected chi connectivity index (χ0v) is 20.0. The molecule has 0 aliphatic carbocycles. The Hall–Kier alpha value is -2.80. The third kappa shape index (κ3) is 6.60. The summed E-state index contributed by atoms with van der Waals surface area (Å²) in [6.45, 7) is 9.29. The van der Waals surface area contributed by atoms with Gasteiger partial charge in [0.05, 0.1) is 13.0 Å². The minimum absolute atomic E-state index is 0.137. The third-order valence-electron chi connectivity index (χ3n) is 4.91. The number of esters is 1. The lowest BCUT2D eigenvalue weighted by molar-refractivity contribution is -0.160. The highest BCUT2D eigenvalue weighted by atomic mass is 35.5. The van der Waals surface area contributed by atoms with E-state index < -0.39 is 29.9 Å². The number of hydrogen-bond donors (Lipinski definition) is 1. The average Bonchev–Trinajstić information content (AvgIpc) is 2.71. The van der Waals surface area contributed by atoms with Crippen LogP contribution >= 0.6 is 11.6 Å². The van der Waals surface area contributed by atoms with Crippen LogP contribution in [0.5, 0.6) is 17.2 Å². The van der Waals surface area contributed by atoms with Crippen LogP contribution in [0.15, 0.2) is 36.5 Å². The number of ether oxygens (including phenoxy) is 3. The van der Waals surface area contributed by atoms with Gasteiger partial charge in [-0.05, 0) is 25.1 Å². The summed E-state index contributed by atoms with van der Waals surface area (Å²) in [6.07, 6.45) is 0.131. The minimum Gasteiger partial charge on any atom is -0.503 e. The van der Waals surface area contributed by atoms with Crippen LogP contribution in [0.3, 0.4) is 0 Å². The van der Waals surface area contributed by atoms with E-state index in [2.05, 4.69) is 4.98 Å². The van der Waals surface area contributed by atoms with Crippen LogP contribution in [0.25, 0.3) is 0 Å². The maximum Gasteiger partial charge on any atom is 0.309 e. The molecule has 0 amide bonds. The van der Waals surface area contributed by atoms with E-state index in [1.807, 2.05) is 20.8 Å². The van der Waals surface area contributed by atoms with Crippen molar-refractivity contribution >= 4 is 23.4 Å². The molecule has 32 heavy (non-hydrogen) atoms. The lowest BCUT2D eigenvalue weighted by Crippen LogP contribution is -2.44. The molecule has 2 rings (SSSR count). The SMILES string of the molecule is COc1ccnc(C(=O)C[C@@H](C)C(=O)O[C@@H](C)[C@H](Oc2cccc(Cl)c2)C(C)(C)C)c1O. The van der Waals surface area contributed by atoms with Crippen molar-refractivity contribution in [3.05, 3.63) is 47.2 Å². The number of methoxy groups -OCH3 is 1. The molecular weight excluding hydrogens is 434 g/mol. The van der Waals surface area contributed by atoms with Crippen molar-refractivity contribution in [1.82, 2.24) is 4.98 Å². The van der Waals surface area contributed by atoms with Gasteiger partial charge in [-0.15, -0.1) is 0 Å². The number of halogens is 1. The van der Waals surface area contributed by atoms with Gasteiger partial charge >= 0.3 is 5.97 Å². The van der Waals surface area contributed by atoms with Crippen LogP contribution in [-0.2, 0) is 9.53 Å². The number of carbonyl (C=O) groups excluding carboxylic acids is 2. The monoisotopic (exact) mass is 463 g/mol. The fraction of sp³-hybridized carbons (Fsp3) is 0.458. The molecule has 3 atom stereocenters. The number of carbonyl (C=O) groups is 2. The number of rotatable bonds is 9. The largest absolute Gasteiger partial charge is 0.503 e. The van der Waals surface area contributed by atoms with E-state index >= 15 is 0 Å². The van der Waals surface area contributed by atoms with Crippen LogP contribution in [0, 0.1) is 11.3 Å². The maximum absolute atomic E-state index is 12.7. The van der Waals surface area contributed by atoms with Gasteiger partial charge in [0.15, 0.2) is 23.0 Å². The van der Waals surface area contributed by atoms with Gasteiger partial charge in [0, 0.05) is 29.1 Å². The number of pyridine rings is 1. The second-order valence-corrected chi connectivity index (χ2v) is 9.18. The number of hydrogen-bond acceptors (Lipinski definition) is 7. The highest BCUT2D eigenvalue weighted by molar-refractivity contribution is 6.30. The smallest absolute Gasteiger partial charge is 0.309 e. The quantitative estimate of drug-likeness (QED) is 0.409. The summed E-state index contributed by atoms with van der Waals surface area (Å²) in [5.74, 6) is -1.42. The molecular formula is C24H30ClNO6. The Bertz CT molecular complexity index is 956. The molecule has 1 aromatic carbocycles. The summed E-state index contributed by atoms with van der Waals surface area (Å²) < 4.78 is 16.8. The van der Waals surface area contributed by atoms with E-state index in [1.54, 1.807) is 38.1 Å². The van der Waals surface area contributed by atoms with Crippen LogP contribution in [0.2, 0.25) is 5.02 Å². The maximum atomic E-state index is 12.7. The fourth-order valence-electron chi connectivity index (χ4n) is 3.29. The molecule has 0 aliphatic heterocycles. The molecule has 0 fully saturated rings. The molecule has 8 heteroatoms. The highest BCUT2D eigenvalue weighted by Gasteiger charge is 2.35. The first kappa shape index (κ1) is 25.5. The van der Waals surface area contributed by atoms with Gasteiger partial charge in [-0.1, -0.05) is 45.4 Å². The van der Waals surface area contributed by atoms with Crippen LogP contribution in [-0.4, -0.2) is 41.2 Å². The molecule has 1 aromatic heterocycles. The normalized spacial score (nSPS) is 14.2. The van der Waals surface area contributed by atoms with E-state index in [4.69, 9.17) is 25.8 Å². The Morgan fingerprint density at radius 3 is 2.47 bits per heavy atom. The van der Waals surface area contributed by atoms with Crippen molar-refractivity contribution in [2.45, 2.75) is 53.2 Å². The number of aromatic hydroxyl groups is 1. The second-order valence-electron chi connectivity index (χ2n) is 8.74. The summed E-state index contributed by atoms with van der Waals surface area (Å²) in [5, 5.41) is 10.7. The van der Waals surface area contributed by atoms with E-state index in [-0.39, 0.29) is 29.0 Å². The first-order chi connectivity index (χ1) is 14.9. The van der Waals surface area contributed by atoms with E-state index in [0.29, 0.717) is 10.8 Å². The van der Waals surface area contributed by atoms with Gasteiger partial charge < -0.3 is 19.3 Å². The number of nitrogens with zero attached hydrogens (tertiary/aromatic N) is 1. The van der Waals surface area contributed by atoms with Crippen molar-refractivity contribution in [1.29, 1.82) is 0 Å². The van der Waals surface area contributed by atoms with E-state index in [9.17, 15) is 14.7 Å². The summed E-state index contributed by atoms with van der Waals surface area (Å²) in [6, 6.07) is 8.46. The lowest BCUT2D eigenvalue weighted by atomic mass is 9.86. The van der Waals surface area contributed by atoms with E-state index in [0.717, 1.165) is 0 Å². The Kier molecular flexibility index (Phi) is 8.50. The third-order valence-corrected chi connectivity index (χ3v) is 5.14. The molecule has 0 saturated heterocycles. The van der Waals surface area contributed by atoms with Gasteiger partial charge in [-0.3, -0.25) is 9.59 Å². The molecule has 7 nitrogen and oxygen atoms in total. The topological polar surface area (TPSA) is 95.0 Å². The predicted octanol–water partition coefficient (Wildman–Crippen LogP) is 5.08. The Labute approximate surface area is 193 Å². The molecule has 1 heterocycles. The number of Topliss-reactive ketones (excluding diaryl/α,β-unsaturated/α-hetero) is 1. The summed E-state index contributed by atoms with van der Waals surface area (Å²) in [7, 11) is 1.38. The molecule has 1 N–H and O–H groups in total. The van der Waals surface area contributed by atoms with Crippen molar-refractivity contribution < 1.29 is 28.9 Å². The summed E-state index contributed by atoms with van der Waals surface area (Å²) in [5.41, 5.74) is -0.494. The molecule has 0 aliphatic rings. The molecule has 0 radical (unpaired) electrons. The highest BCUT2D eigenvalue weighted by Crippen LogP contribution is 2.31. The van der Waals surface area contributed by atoms with Crippen molar-refractivity contribution in [2.75, 3.05) is 7.11 Å². The predicted molar refractivity (Wildman–Crippen MR) is 121 cm³/mol. The Morgan fingerprint density at radius 2 is 1.88 bits per heavy atom. The Morgan fingerprint density at radius 1 is 1.19 bits per heavy atom. The number of benzene rings is 1. The zero-order valence-electron chi connectivity index (χ0n) is 19.2. The fourth-order valence-corrected chi connectivity index (χ4v) is 3.47. The molecule has 0 unspecified atom stereocenters. The van der Waals surface area contributed by atoms with Crippen LogP contribution < -0.4 is 9.47 Å². The van der Waals surface area contributed by atoms with Crippen LogP contribution in [0.4, 0.5) is 0 Å². The molecule has 0 saturated carbocycles. The van der Waals surface area contributed by atoms with Crippen molar-refractivity contribution in [3.8, 4) is 17.2 Å². The van der Waals surface area contributed by atoms with Crippen LogP contribution in [0.1, 0.15) is 51.5 Å². The van der Waals surface area contributed by atoms with Gasteiger partial charge in [0.25, 0.3) is 0 Å². The summed E-state index contributed by atoms with van der Waals surface area (Å²) in [4.78, 5) is 29.2. The van der Waals surface area contributed by atoms with Gasteiger partial charge in [-0.25, -0.2) is 4.98 Å². The molecule has 0 spiro atoms. The van der Waals surface area contributed by atoms with E-state index in [1.165, 1.54) is 19.4 Å². The van der Waals surface area contributed by atoms with Crippen molar-refractivity contribution in [3.63, 3.8) is 0 Å². The van der Waals surface area contributed by atoms with Gasteiger partial charge in [0.1, 0.15) is 18.0 Å². The number of aromatic nitrogens is 1. The van der Waals surface area contributed by atoms with Crippen molar-refractivity contribution in [2.24, 2.45) is 11.3 Å². The standard InChI is InChI=1S/C24H30ClNO6/c1-14(12-18(27)20-21(28)19(30-6)10-11-26-20)23(29)31-15(2)22(24(3,4)5)32-17-9-7-8-16(25)13-17/h7-11,13-15,22,28H,12H2,1-6H3/t14-,15+,22+/m1/s1. The summed E-state index contributed by atoms with van der Waals surface area (Å²) >= 11 is 6.05. The first-order valence-corrected chi connectivity index (χ1v) is 10.7. The molecule has 174 valence electrons. The average molecular weight is 464 g/mol. The Balaban J connectivity index is 2.07. The zero-order chi connectivity index (χ0) is 24.1. The first-order valence-electron chi connectivity index (χ1n) is 10.3. The van der Waals surface area contributed by atoms with Gasteiger partial charge in [0.2, 0.25) is 0 Å². The van der Waals surface area contributed by atoms with Gasteiger partial charge in [-0.2, -0.15) is 0 Å². The molecule has 2 aromatic rings. The number of ketones is 1. The second kappa shape index (κ2) is 10.7. The molecule has 0 bridgehead atoms. The lowest BCUT2D eigenvalue weighted by Gasteiger charge is -2.35. The minimum atomic E-state index is -0.746.